The fraction of sp³-hybridized carbons (Fsp3) is 0.800. The molecule has 0 aromatic carbocycles. The van der Waals surface area contributed by atoms with E-state index in [2.05, 4.69) is 0 Å². The van der Waals surface area contributed by atoms with Crippen molar-refractivity contribution in [2.24, 2.45) is 10.8 Å². The van der Waals surface area contributed by atoms with Crippen molar-refractivity contribution in [2.45, 2.75) is 50.3 Å². The highest BCUT2D eigenvalue weighted by Gasteiger charge is 2.83. The van der Waals surface area contributed by atoms with Gasteiger partial charge in [0.2, 0.25) is 0 Å². The Labute approximate surface area is 144 Å². The van der Waals surface area contributed by atoms with Crippen LogP contribution >= 0.6 is 0 Å². The van der Waals surface area contributed by atoms with E-state index in [0.29, 0.717) is 0 Å². The summed E-state index contributed by atoms with van der Waals surface area (Å²) >= 11 is 0. The number of carbonyl (C=O) groups is 1. The lowest BCUT2D eigenvalue weighted by Crippen LogP contribution is -2.71. The molecule has 0 aromatic rings. The van der Waals surface area contributed by atoms with Crippen molar-refractivity contribution < 1.29 is 41.6 Å². The Morgan fingerprint density at radius 1 is 1.44 bits per heavy atom. The van der Waals surface area contributed by atoms with Crippen LogP contribution in [0.15, 0.2) is 11.6 Å². The molecule has 10 heteroatoms. The van der Waals surface area contributed by atoms with E-state index in [4.69, 9.17) is 13.7 Å². The van der Waals surface area contributed by atoms with Crippen LogP contribution in [0.2, 0.25) is 0 Å². The topological polar surface area (TPSA) is 143 Å². The second-order valence-corrected chi connectivity index (χ2v) is 8.62. The standard InChI is InChI=1S/C15H20O9S/c1-7-3-9-14(5-16,12(10(7)18)24-25(19,20)21)13(2)4-8(17)11(23-9)15(13)6-22-15/h3,8-9,11-12,16-17H,4-6H2,1-2H3,(H,19,20,21)/t8-,9-,11-,12-,13-,14-,15+/m1/s1. The first-order valence-electron chi connectivity index (χ1n) is 7.99. The highest BCUT2D eigenvalue weighted by atomic mass is 32.3. The summed E-state index contributed by atoms with van der Waals surface area (Å²) in [5.74, 6) is -0.664. The molecule has 2 aliphatic carbocycles. The molecular formula is C15H20O9S. The zero-order valence-electron chi connectivity index (χ0n) is 13.7. The predicted molar refractivity (Wildman–Crippen MR) is 80.8 cm³/mol. The highest BCUT2D eigenvalue weighted by Crippen LogP contribution is 2.71. The summed E-state index contributed by atoms with van der Waals surface area (Å²) in [7, 11) is -4.97. The number of hydrogen-bond donors (Lipinski definition) is 3. The van der Waals surface area contributed by atoms with E-state index in [0.717, 1.165) is 0 Å². The highest BCUT2D eigenvalue weighted by molar-refractivity contribution is 7.80. The fourth-order valence-corrected chi connectivity index (χ4v) is 5.74. The molecule has 1 spiro atoms. The van der Waals surface area contributed by atoms with Gasteiger partial charge in [-0.3, -0.25) is 9.35 Å². The minimum atomic E-state index is -4.97. The molecule has 9 nitrogen and oxygen atoms in total. The Morgan fingerprint density at radius 3 is 2.60 bits per heavy atom. The molecule has 4 rings (SSSR count). The summed E-state index contributed by atoms with van der Waals surface area (Å²) in [5.41, 5.74) is -3.24. The SMILES string of the molecule is CC1=C[C@H]2O[C@@H]3[C@H](O)C[C@](C)([C@@]2(CO)[C@H](OS(=O)(=O)O)C1=O)[C@]31CO1. The summed E-state index contributed by atoms with van der Waals surface area (Å²) in [4.78, 5) is 12.7. The molecule has 0 amide bonds. The number of aliphatic hydroxyl groups excluding tert-OH is 2. The van der Waals surface area contributed by atoms with Gasteiger partial charge in [0.15, 0.2) is 11.9 Å². The number of fused-ring (bicyclic) bond motifs is 2. The average Bonchev–Trinajstić information content (AvgIpc) is 3.26. The van der Waals surface area contributed by atoms with Crippen molar-refractivity contribution >= 4 is 16.2 Å². The molecule has 3 N–H and O–H groups in total. The molecule has 25 heavy (non-hydrogen) atoms. The van der Waals surface area contributed by atoms with E-state index in [1.54, 1.807) is 6.92 Å². The quantitative estimate of drug-likeness (QED) is 0.417. The summed E-state index contributed by atoms with van der Waals surface area (Å²) in [6.45, 7) is 2.83. The average molecular weight is 376 g/mol. The number of aliphatic hydroxyl groups is 2. The van der Waals surface area contributed by atoms with Gasteiger partial charge in [0, 0.05) is 5.41 Å². The van der Waals surface area contributed by atoms with Crippen LogP contribution in [0, 0.1) is 10.8 Å². The molecular weight excluding hydrogens is 356 g/mol. The Kier molecular flexibility index (Phi) is 3.43. The monoisotopic (exact) mass is 376 g/mol. The molecule has 2 bridgehead atoms. The van der Waals surface area contributed by atoms with Gasteiger partial charge in [0.1, 0.15) is 11.7 Å². The molecule has 3 fully saturated rings. The summed E-state index contributed by atoms with van der Waals surface area (Å²) in [6, 6.07) is 0. The first-order valence-corrected chi connectivity index (χ1v) is 9.36. The van der Waals surface area contributed by atoms with Gasteiger partial charge < -0.3 is 19.7 Å². The van der Waals surface area contributed by atoms with Crippen LogP contribution in [0.5, 0.6) is 0 Å². The maximum absolute atomic E-state index is 12.7. The lowest BCUT2D eigenvalue weighted by Gasteiger charge is -2.58. The molecule has 2 heterocycles. The zero-order valence-corrected chi connectivity index (χ0v) is 14.5. The molecule has 4 aliphatic rings. The first kappa shape index (κ1) is 17.5. The summed E-state index contributed by atoms with van der Waals surface area (Å²) in [5, 5.41) is 20.8. The summed E-state index contributed by atoms with van der Waals surface area (Å²) in [6.07, 6.45) is -2.44. The number of rotatable bonds is 3. The Morgan fingerprint density at radius 2 is 2.08 bits per heavy atom. The lowest BCUT2D eigenvalue weighted by atomic mass is 9.50. The van der Waals surface area contributed by atoms with Gasteiger partial charge >= 0.3 is 10.4 Å². The lowest BCUT2D eigenvalue weighted by molar-refractivity contribution is -0.240. The van der Waals surface area contributed by atoms with Crippen LogP contribution in [0.1, 0.15) is 20.3 Å². The van der Waals surface area contributed by atoms with Gasteiger partial charge in [-0.15, -0.1) is 0 Å². The zero-order chi connectivity index (χ0) is 18.4. The van der Waals surface area contributed by atoms with Crippen LogP contribution in [-0.2, 0) is 28.9 Å². The molecule has 2 saturated heterocycles. The maximum atomic E-state index is 12.7. The third kappa shape index (κ3) is 1.93. The molecule has 0 aromatic heterocycles. The second-order valence-electron chi connectivity index (χ2n) is 7.58. The Hall–Kier alpha value is -0.880. The van der Waals surface area contributed by atoms with Crippen molar-refractivity contribution in [3.63, 3.8) is 0 Å². The van der Waals surface area contributed by atoms with Crippen molar-refractivity contribution in [2.75, 3.05) is 13.2 Å². The largest absolute Gasteiger partial charge is 0.398 e. The Bertz CT molecular complexity index is 770. The number of epoxide rings is 1. The normalized spacial score (nSPS) is 51.4. The Balaban J connectivity index is 1.94. The third-order valence-electron chi connectivity index (χ3n) is 6.62. The number of ether oxygens (including phenoxy) is 2. The predicted octanol–water partition coefficient (Wildman–Crippen LogP) is -1.01. The molecule has 7 atom stereocenters. The molecule has 140 valence electrons. The molecule has 0 radical (unpaired) electrons. The van der Waals surface area contributed by atoms with Gasteiger partial charge in [-0.2, -0.15) is 8.42 Å². The van der Waals surface area contributed by atoms with E-state index in [9.17, 15) is 28.0 Å². The van der Waals surface area contributed by atoms with E-state index in [1.165, 1.54) is 13.0 Å². The number of ketones is 1. The summed E-state index contributed by atoms with van der Waals surface area (Å²) < 4.78 is 48.3. The second kappa shape index (κ2) is 4.89. The van der Waals surface area contributed by atoms with Crippen molar-refractivity contribution in [1.29, 1.82) is 0 Å². The number of hydrogen-bond acceptors (Lipinski definition) is 8. The van der Waals surface area contributed by atoms with Crippen LogP contribution < -0.4 is 0 Å². The van der Waals surface area contributed by atoms with Gasteiger partial charge in [0.05, 0.1) is 30.8 Å². The van der Waals surface area contributed by atoms with Gasteiger partial charge in [-0.25, -0.2) is 4.18 Å². The minimum absolute atomic E-state index is 0.139. The number of Topliss-reactive ketones (excluding diaryl/α,β-unsaturated/α-hetero) is 1. The smallest absolute Gasteiger partial charge is 0.396 e. The maximum Gasteiger partial charge on any atom is 0.398 e. The van der Waals surface area contributed by atoms with Crippen LogP contribution in [0.25, 0.3) is 0 Å². The molecule has 0 unspecified atom stereocenters. The van der Waals surface area contributed by atoms with E-state index >= 15 is 0 Å². The minimum Gasteiger partial charge on any atom is -0.396 e. The fourth-order valence-electron chi connectivity index (χ4n) is 5.24. The van der Waals surface area contributed by atoms with Crippen molar-refractivity contribution in [3.05, 3.63) is 11.6 Å². The van der Waals surface area contributed by atoms with E-state index in [-0.39, 0.29) is 18.6 Å². The molecule has 2 aliphatic heterocycles. The van der Waals surface area contributed by atoms with E-state index in [1.807, 2.05) is 0 Å². The van der Waals surface area contributed by atoms with Crippen LogP contribution in [0.3, 0.4) is 0 Å². The first-order chi connectivity index (χ1) is 11.5. The molecule has 1 saturated carbocycles. The van der Waals surface area contributed by atoms with Gasteiger partial charge in [-0.1, -0.05) is 6.92 Å². The van der Waals surface area contributed by atoms with Crippen molar-refractivity contribution in [1.82, 2.24) is 0 Å². The van der Waals surface area contributed by atoms with Crippen molar-refractivity contribution in [3.8, 4) is 0 Å². The van der Waals surface area contributed by atoms with Crippen LogP contribution in [-0.4, -0.2) is 72.2 Å². The van der Waals surface area contributed by atoms with Crippen LogP contribution in [0.4, 0.5) is 0 Å². The number of carbonyl (C=O) groups excluding carboxylic acids is 1. The van der Waals surface area contributed by atoms with E-state index < -0.39 is 63.6 Å². The van der Waals surface area contributed by atoms with Gasteiger partial charge in [0.25, 0.3) is 0 Å². The van der Waals surface area contributed by atoms with Gasteiger partial charge in [-0.05, 0) is 25.0 Å². The third-order valence-corrected chi connectivity index (χ3v) is 7.06.